The molecular weight excluding hydrogens is 204 g/mol. The number of hydroxylamine groups is 2. The van der Waals surface area contributed by atoms with Gasteiger partial charge in [0.15, 0.2) is 0 Å². The number of benzene rings is 1. The van der Waals surface area contributed by atoms with Gasteiger partial charge in [-0.2, -0.15) is 0 Å². The Hall–Kier alpha value is -1.49. The zero-order valence-electron chi connectivity index (χ0n) is 8.67. The van der Waals surface area contributed by atoms with Crippen molar-refractivity contribution in [2.24, 2.45) is 0 Å². The van der Waals surface area contributed by atoms with Crippen LogP contribution in [0.15, 0.2) is 12.1 Å². The van der Waals surface area contributed by atoms with Crippen molar-refractivity contribution < 1.29 is 18.4 Å². The predicted octanol–water partition coefficient (Wildman–Crippen LogP) is 1.91. The summed E-state index contributed by atoms with van der Waals surface area (Å²) >= 11 is 0. The molecule has 0 aliphatic rings. The van der Waals surface area contributed by atoms with Gasteiger partial charge in [0.1, 0.15) is 11.6 Å². The summed E-state index contributed by atoms with van der Waals surface area (Å²) in [6.07, 6.45) is 0. The summed E-state index contributed by atoms with van der Waals surface area (Å²) in [5.41, 5.74) is 0.00232. The van der Waals surface area contributed by atoms with Crippen molar-refractivity contribution in [3.8, 4) is 0 Å². The Balaban J connectivity index is 3.15. The molecule has 5 heteroatoms. The number of rotatable bonds is 2. The monoisotopic (exact) mass is 215 g/mol. The quantitative estimate of drug-likeness (QED) is 0.705. The molecule has 0 aliphatic heterocycles. The fourth-order valence-electron chi connectivity index (χ4n) is 1.07. The topological polar surface area (TPSA) is 29.5 Å². The van der Waals surface area contributed by atoms with E-state index < -0.39 is 17.5 Å². The fraction of sp³-hybridized carbons (Fsp3) is 0.300. The number of amides is 1. The molecule has 1 aromatic rings. The summed E-state index contributed by atoms with van der Waals surface area (Å²) in [5.74, 6) is -2.23. The Morgan fingerprint density at radius 3 is 2.47 bits per heavy atom. The second-order valence-electron chi connectivity index (χ2n) is 3.07. The molecule has 0 heterocycles. The van der Waals surface area contributed by atoms with Gasteiger partial charge < -0.3 is 0 Å². The van der Waals surface area contributed by atoms with Crippen molar-refractivity contribution in [2.75, 3.05) is 14.2 Å². The van der Waals surface area contributed by atoms with Crippen LogP contribution in [0.2, 0.25) is 0 Å². The predicted molar refractivity (Wildman–Crippen MR) is 50.2 cm³/mol. The van der Waals surface area contributed by atoms with Gasteiger partial charge in [0, 0.05) is 13.1 Å². The normalized spacial score (nSPS) is 10.2. The average Bonchev–Trinajstić information content (AvgIpc) is 2.21. The zero-order valence-corrected chi connectivity index (χ0v) is 8.67. The van der Waals surface area contributed by atoms with Crippen LogP contribution in [0.3, 0.4) is 0 Å². The van der Waals surface area contributed by atoms with E-state index in [1.807, 2.05) is 0 Å². The Morgan fingerprint density at radius 1 is 1.33 bits per heavy atom. The molecular formula is C10H11F2NO2. The van der Waals surface area contributed by atoms with Gasteiger partial charge in [0.25, 0.3) is 5.91 Å². The van der Waals surface area contributed by atoms with Gasteiger partial charge in [-0.1, -0.05) is 0 Å². The molecule has 0 atom stereocenters. The first-order valence-electron chi connectivity index (χ1n) is 4.25. The third-order valence-corrected chi connectivity index (χ3v) is 2.04. The van der Waals surface area contributed by atoms with E-state index in [0.717, 1.165) is 11.1 Å². The third kappa shape index (κ3) is 2.30. The number of hydrogen-bond acceptors (Lipinski definition) is 2. The lowest BCUT2D eigenvalue weighted by Gasteiger charge is -2.14. The van der Waals surface area contributed by atoms with E-state index in [9.17, 15) is 13.6 Å². The molecule has 0 N–H and O–H groups in total. The maximum absolute atomic E-state index is 13.2. The van der Waals surface area contributed by atoms with Gasteiger partial charge in [-0.25, -0.2) is 13.8 Å². The van der Waals surface area contributed by atoms with Crippen molar-refractivity contribution in [2.45, 2.75) is 6.92 Å². The lowest BCUT2D eigenvalue weighted by atomic mass is 10.1. The first-order chi connectivity index (χ1) is 6.97. The number of nitrogens with zero attached hydrogens (tertiary/aromatic N) is 1. The van der Waals surface area contributed by atoms with E-state index in [0.29, 0.717) is 6.07 Å². The number of aryl methyl sites for hydroxylation is 1. The Morgan fingerprint density at radius 2 is 1.93 bits per heavy atom. The molecule has 3 nitrogen and oxygen atoms in total. The summed E-state index contributed by atoms with van der Waals surface area (Å²) in [7, 11) is 2.63. The second kappa shape index (κ2) is 4.35. The third-order valence-electron chi connectivity index (χ3n) is 2.04. The van der Waals surface area contributed by atoms with Crippen LogP contribution >= 0.6 is 0 Å². The lowest BCUT2D eigenvalue weighted by molar-refractivity contribution is -0.0759. The van der Waals surface area contributed by atoms with Crippen LogP contribution in [-0.2, 0) is 4.84 Å². The van der Waals surface area contributed by atoms with Gasteiger partial charge >= 0.3 is 0 Å². The van der Waals surface area contributed by atoms with Crippen molar-refractivity contribution in [1.29, 1.82) is 0 Å². The van der Waals surface area contributed by atoms with Gasteiger partial charge in [0.2, 0.25) is 0 Å². The SMILES string of the molecule is CON(C)C(=O)c1cc(C)c(F)cc1F. The Bertz CT molecular complexity index is 393. The molecule has 1 rings (SSSR count). The standard InChI is InChI=1S/C10H11F2NO2/c1-6-4-7(9(12)5-8(6)11)10(14)13(2)15-3/h4-5H,1-3H3. The van der Waals surface area contributed by atoms with Crippen molar-refractivity contribution in [3.63, 3.8) is 0 Å². The second-order valence-corrected chi connectivity index (χ2v) is 3.07. The van der Waals surface area contributed by atoms with E-state index in [1.54, 1.807) is 0 Å². The van der Waals surface area contributed by atoms with Gasteiger partial charge in [-0.15, -0.1) is 0 Å². The number of halogens is 2. The summed E-state index contributed by atoms with van der Waals surface area (Å²) in [6, 6.07) is 1.84. The van der Waals surface area contributed by atoms with Crippen molar-refractivity contribution in [3.05, 3.63) is 34.9 Å². The average molecular weight is 215 g/mol. The Kier molecular flexibility index (Phi) is 3.36. The van der Waals surface area contributed by atoms with Crippen molar-refractivity contribution >= 4 is 5.91 Å². The zero-order chi connectivity index (χ0) is 11.6. The first-order valence-corrected chi connectivity index (χ1v) is 4.25. The molecule has 82 valence electrons. The Labute approximate surface area is 86.2 Å². The highest BCUT2D eigenvalue weighted by Gasteiger charge is 2.17. The number of hydrogen-bond donors (Lipinski definition) is 0. The smallest absolute Gasteiger partial charge is 0.274 e. The molecule has 0 aliphatic carbocycles. The molecule has 0 spiro atoms. The summed E-state index contributed by atoms with van der Waals surface area (Å²) in [4.78, 5) is 16.1. The lowest BCUT2D eigenvalue weighted by Crippen LogP contribution is -2.26. The van der Waals surface area contributed by atoms with E-state index in [4.69, 9.17) is 0 Å². The van der Waals surface area contributed by atoms with Gasteiger partial charge in [-0.3, -0.25) is 9.63 Å². The summed E-state index contributed by atoms with van der Waals surface area (Å²) in [6.45, 7) is 1.46. The molecule has 0 saturated carbocycles. The van der Waals surface area contributed by atoms with Crippen LogP contribution < -0.4 is 0 Å². The van der Waals surface area contributed by atoms with Gasteiger partial charge in [0.05, 0.1) is 12.7 Å². The molecule has 1 aromatic carbocycles. The van der Waals surface area contributed by atoms with Crippen molar-refractivity contribution in [1.82, 2.24) is 5.06 Å². The molecule has 1 amide bonds. The molecule has 0 unspecified atom stereocenters. The molecule has 0 saturated heterocycles. The van der Waals surface area contributed by atoms with Crippen LogP contribution in [0.25, 0.3) is 0 Å². The maximum atomic E-state index is 13.2. The number of carbonyl (C=O) groups is 1. The number of carbonyl (C=O) groups excluding carboxylic acids is 1. The molecule has 0 bridgehead atoms. The van der Waals surface area contributed by atoms with Crippen LogP contribution in [-0.4, -0.2) is 25.1 Å². The summed E-state index contributed by atoms with van der Waals surface area (Å²) in [5, 5.41) is 0.871. The van der Waals surface area contributed by atoms with E-state index >= 15 is 0 Å². The van der Waals surface area contributed by atoms with Crippen LogP contribution in [0.4, 0.5) is 8.78 Å². The minimum atomic E-state index is -0.896. The minimum Gasteiger partial charge on any atom is -0.274 e. The summed E-state index contributed by atoms with van der Waals surface area (Å²) < 4.78 is 26.1. The highest BCUT2D eigenvalue weighted by molar-refractivity contribution is 5.93. The highest BCUT2D eigenvalue weighted by atomic mass is 19.1. The van der Waals surface area contributed by atoms with E-state index in [1.165, 1.54) is 21.1 Å². The molecule has 0 fully saturated rings. The maximum Gasteiger partial charge on any atom is 0.280 e. The molecule has 0 aromatic heterocycles. The largest absolute Gasteiger partial charge is 0.280 e. The van der Waals surface area contributed by atoms with Crippen LogP contribution in [0.5, 0.6) is 0 Å². The van der Waals surface area contributed by atoms with E-state index in [-0.39, 0.29) is 11.1 Å². The highest BCUT2D eigenvalue weighted by Crippen LogP contribution is 2.15. The van der Waals surface area contributed by atoms with E-state index in [2.05, 4.69) is 4.84 Å². The van der Waals surface area contributed by atoms with Crippen LogP contribution in [0, 0.1) is 18.6 Å². The fourth-order valence-corrected chi connectivity index (χ4v) is 1.07. The first kappa shape index (κ1) is 11.6. The minimum absolute atomic E-state index is 0.210. The molecule has 0 radical (unpaired) electrons. The van der Waals surface area contributed by atoms with Crippen LogP contribution in [0.1, 0.15) is 15.9 Å². The van der Waals surface area contributed by atoms with Gasteiger partial charge in [-0.05, 0) is 18.6 Å². The molecule has 15 heavy (non-hydrogen) atoms.